The standard InChI is InChI=1S/C16H28N2O2/c1-14(15-8-5-4-6-9-15)20-13-16(19)12-17-10-7-11-18(2)3/h4-6,8-9,14,16-17,19H,7,10-13H2,1-3H3. The van der Waals surface area contributed by atoms with Gasteiger partial charge >= 0.3 is 0 Å². The Morgan fingerprint density at radius 3 is 2.60 bits per heavy atom. The van der Waals surface area contributed by atoms with E-state index in [1.807, 2.05) is 37.3 Å². The van der Waals surface area contributed by atoms with Crippen molar-refractivity contribution in [2.24, 2.45) is 0 Å². The summed E-state index contributed by atoms with van der Waals surface area (Å²) in [6, 6.07) is 10.1. The molecule has 0 radical (unpaired) electrons. The lowest BCUT2D eigenvalue weighted by Crippen LogP contribution is -2.32. The Morgan fingerprint density at radius 2 is 1.95 bits per heavy atom. The molecule has 2 unspecified atom stereocenters. The first-order valence-electron chi connectivity index (χ1n) is 7.29. The number of nitrogens with one attached hydrogen (secondary N) is 1. The molecule has 0 aromatic heterocycles. The number of ether oxygens (including phenoxy) is 1. The minimum absolute atomic E-state index is 0.0135. The van der Waals surface area contributed by atoms with E-state index in [4.69, 9.17) is 4.74 Å². The highest BCUT2D eigenvalue weighted by molar-refractivity contribution is 5.16. The van der Waals surface area contributed by atoms with E-state index in [2.05, 4.69) is 24.3 Å². The Morgan fingerprint density at radius 1 is 1.25 bits per heavy atom. The van der Waals surface area contributed by atoms with Crippen LogP contribution in [0.3, 0.4) is 0 Å². The van der Waals surface area contributed by atoms with Gasteiger partial charge in [-0.2, -0.15) is 0 Å². The number of aliphatic hydroxyl groups excluding tert-OH is 1. The molecule has 1 aromatic rings. The molecule has 0 amide bonds. The van der Waals surface area contributed by atoms with Crippen LogP contribution in [0.2, 0.25) is 0 Å². The fraction of sp³-hybridized carbons (Fsp3) is 0.625. The van der Waals surface area contributed by atoms with Gasteiger partial charge in [-0.3, -0.25) is 0 Å². The lowest BCUT2D eigenvalue weighted by Gasteiger charge is -2.17. The number of benzene rings is 1. The summed E-state index contributed by atoms with van der Waals surface area (Å²) in [5.74, 6) is 0. The second-order valence-corrected chi connectivity index (χ2v) is 5.40. The van der Waals surface area contributed by atoms with Gasteiger partial charge in [-0.15, -0.1) is 0 Å². The van der Waals surface area contributed by atoms with Gasteiger partial charge < -0.3 is 20.1 Å². The van der Waals surface area contributed by atoms with Crippen molar-refractivity contribution in [2.75, 3.05) is 40.3 Å². The maximum Gasteiger partial charge on any atom is 0.0897 e. The Hall–Kier alpha value is -0.940. The van der Waals surface area contributed by atoms with Crippen LogP contribution in [0.25, 0.3) is 0 Å². The zero-order valence-electron chi connectivity index (χ0n) is 12.9. The molecule has 0 fully saturated rings. The highest BCUT2D eigenvalue weighted by Gasteiger charge is 2.09. The first-order chi connectivity index (χ1) is 9.59. The van der Waals surface area contributed by atoms with Gasteiger partial charge in [0.15, 0.2) is 0 Å². The van der Waals surface area contributed by atoms with E-state index >= 15 is 0 Å². The second kappa shape index (κ2) is 9.88. The monoisotopic (exact) mass is 280 g/mol. The average molecular weight is 280 g/mol. The molecular formula is C16H28N2O2. The largest absolute Gasteiger partial charge is 0.389 e. The minimum Gasteiger partial charge on any atom is -0.389 e. The highest BCUT2D eigenvalue weighted by Crippen LogP contribution is 2.15. The summed E-state index contributed by atoms with van der Waals surface area (Å²) < 4.78 is 5.69. The maximum atomic E-state index is 9.86. The minimum atomic E-state index is -0.458. The van der Waals surface area contributed by atoms with Crippen molar-refractivity contribution in [1.29, 1.82) is 0 Å². The first-order valence-corrected chi connectivity index (χ1v) is 7.29. The van der Waals surface area contributed by atoms with Crippen molar-refractivity contribution in [1.82, 2.24) is 10.2 Å². The van der Waals surface area contributed by atoms with Crippen molar-refractivity contribution in [2.45, 2.75) is 25.6 Å². The summed E-state index contributed by atoms with van der Waals surface area (Å²) in [5.41, 5.74) is 1.14. The van der Waals surface area contributed by atoms with Crippen LogP contribution < -0.4 is 5.32 Å². The van der Waals surface area contributed by atoms with Crippen LogP contribution in [0.5, 0.6) is 0 Å². The molecule has 4 heteroatoms. The van der Waals surface area contributed by atoms with E-state index in [-0.39, 0.29) is 6.10 Å². The zero-order chi connectivity index (χ0) is 14.8. The van der Waals surface area contributed by atoms with Gasteiger partial charge in [0.05, 0.1) is 18.8 Å². The van der Waals surface area contributed by atoms with Crippen LogP contribution in [-0.4, -0.2) is 56.4 Å². The third-order valence-electron chi connectivity index (χ3n) is 3.15. The summed E-state index contributed by atoms with van der Waals surface area (Å²) in [4.78, 5) is 2.16. The number of hydrogen-bond acceptors (Lipinski definition) is 4. The SMILES string of the molecule is CC(OCC(O)CNCCCN(C)C)c1ccccc1. The van der Waals surface area contributed by atoms with E-state index in [1.54, 1.807) is 0 Å². The predicted molar refractivity (Wildman–Crippen MR) is 82.9 cm³/mol. The molecule has 2 atom stereocenters. The molecule has 1 rings (SSSR count). The molecule has 0 aliphatic rings. The molecule has 0 saturated heterocycles. The van der Waals surface area contributed by atoms with Crippen LogP contribution in [0.15, 0.2) is 30.3 Å². The highest BCUT2D eigenvalue weighted by atomic mass is 16.5. The third-order valence-corrected chi connectivity index (χ3v) is 3.15. The molecule has 0 saturated carbocycles. The molecule has 0 bridgehead atoms. The quantitative estimate of drug-likeness (QED) is 0.640. The summed E-state index contributed by atoms with van der Waals surface area (Å²) >= 11 is 0. The van der Waals surface area contributed by atoms with E-state index in [1.165, 1.54) is 0 Å². The zero-order valence-corrected chi connectivity index (χ0v) is 12.9. The Balaban J connectivity index is 2.09. The molecule has 0 spiro atoms. The summed E-state index contributed by atoms with van der Waals surface area (Å²) in [6.07, 6.45) is 0.640. The van der Waals surface area contributed by atoms with Crippen LogP contribution in [0.4, 0.5) is 0 Å². The molecule has 20 heavy (non-hydrogen) atoms. The molecule has 1 aromatic carbocycles. The van der Waals surface area contributed by atoms with Crippen molar-refractivity contribution >= 4 is 0 Å². The van der Waals surface area contributed by atoms with Crippen molar-refractivity contribution < 1.29 is 9.84 Å². The Bertz CT molecular complexity index is 344. The van der Waals surface area contributed by atoms with Gasteiger partial charge in [-0.1, -0.05) is 30.3 Å². The Kier molecular flexibility index (Phi) is 8.46. The van der Waals surface area contributed by atoms with Crippen molar-refractivity contribution in [3.63, 3.8) is 0 Å². The smallest absolute Gasteiger partial charge is 0.0897 e. The maximum absolute atomic E-state index is 9.86. The summed E-state index contributed by atoms with van der Waals surface area (Å²) in [6.45, 7) is 4.92. The third kappa shape index (κ3) is 7.60. The molecule has 2 N–H and O–H groups in total. The predicted octanol–water partition coefficient (Wildman–Crippen LogP) is 1.67. The number of nitrogens with zero attached hydrogens (tertiary/aromatic N) is 1. The molecule has 0 heterocycles. The molecular weight excluding hydrogens is 252 g/mol. The normalized spacial score (nSPS) is 14.4. The van der Waals surface area contributed by atoms with Crippen LogP contribution in [0.1, 0.15) is 25.0 Å². The lowest BCUT2D eigenvalue weighted by molar-refractivity contribution is -0.00199. The second-order valence-electron chi connectivity index (χ2n) is 5.40. The van der Waals surface area contributed by atoms with E-state index in [9.17, 15) is 5.11 Å². The summed E-state index contributed by atoms with van der Waals surface area (Å²) in [5, 5.41) is 13.1. The van der Waals surface area contributed by atoms with Gasteiger partial charge in [0.1, 0.15) is 0 Å². The summed E-state index contributed by atoms with van der Waals surface area (Å²) in [7, 11) is 4.13. The fourth-order valence-corrected chi connectivity index (χ4v) is 1.92. The topological polar surface area (TPSA) is 44.7 Å². The van der Waals surface area contributed by atoms with Crippen LogP contribution in [0, 0.1) is 0 Å². The van der Waals surface area contributed by atoms with Gasteiger partial charge in [-0.25, -0.2) is 0 Å². The molecule has 114 valence electrons. The lowest BCUT2D eigenvalue weighted by atomic mass is 10.1. The first kappa shape index (κ1) is 17.1. The Labute approximate surface area is 122 Å². The molecule has 4 nitrogen and oxygen atoms in total. The molecule has 0 aliphatic heterocycles. The van der Waals surface area contributed by atoms with Gasteiger partial charge in [0.25, 0.3) is 0 Å². The van der Waals surface area contributed by atoms with Crippen LogP contribution in [-0.2, 0) is 4.74 Å². The van der Waals surface area contributed by atoms with Gasteiger partial charge in [0, 0.05) is 6.54 Å². The van der Waals surface area contributed by atoms with E-state index in [0.717, 1.165) is 25.1 Å². The number of rotatable bonds is 10. The fourth-order valence-electron chi connectivity index (χ4n) is 1.92. The number of hydrogen-bond donors (Lipinski definition) is 2. The van der Waals surface area contributed by atoms with Crippen molar-refractivity contribution in [3.8, 4) is 0 Å². The molecule has 0 aliphatic carbocycles. The van der Waals surface area contributed by atoms with Gasteiger partial charge in [-0.05, 0) is 46.1 Å². The number of aliphatic hydroxyl groups is 1. The van der Waals surface area contributed by atoms with E-state index in [0.29, 0.717) is 13.2 Å². The van der Waals surface area contributed by atoms with Crippen molar-refractivity contribution in [3.05, 3.63) is 35.9 Å². The van der Waals surface area contributed by atoms with E-state index < -0.39 is 6.10 Å². The average Bonchev–Trinajstić information content (AvgIpc) is 2.45. The van der Waals surface area contributed by atoms with Gasteiger partial charge in [0.2, 0.25) is 0 Å². The van der Waals surface area contributed by atoms with Crippen LogP contribution >= 0.6 is 0 Å².